The third-order valence-corrected chi connectivity index (χ3v) is 2.22. The first-order valence-electron chi connectivity index (χ1n) is 4.37. The topological polar surface area (TPSA) is 35.0 Å². The van der Waals surface area contributed by atoms with Crippen molar-refractivity contribution in [1.82, 2.24) is 9.97 Å². The van der Waals surface area contributed by atoms with Crippen molar-refractivity contribution in [3.63, 3.8) is 0 Å². The highest BCUT2D eigenvalue weighted by molar-refractivity contribution is 6.32. The van der Waals surface area contributed by atoms with Gasteiger partial charge in [0.1, 0.15) is 10.8 Å². The summed E-state index contributed by atoms with van der Waals surface area (Å²) in [5, 5.41) is -0.0231. The van der Waals surface area contributed by atoms with Crippen LogP contribution in [0.5, 0.6) is 11.6 Å². The number of nitrogens with zero attached hydrogens (tertiary/aromatic N) is 2. The molecule has 7 heteroatoms. The highest BCUT2D eigenvalue weighted by Gasteiger charge is 2.11. The van der Waals surface area contributed by atoms with E-state index in [9.17, 15) is 8.78 Å². The van der Waals surface area contributed by atoms with Crippen LogP contribution in [0.15, 0.2) is 24.4 Å². The molecule has 1 aromatic heterocycles. The van der Waals surface area contributed by atoms with Gasteiger partial charge < -0.3 is 4.74 Å². The summed E-state index contributed by atoms with van der Waals surface area (Å²) in [6.07, 6.45) is 1.22. The lowest BCUT2D eigenvalue weighted by Gasteiger charge is -2.06. The van der Waals surface area contributed by atoms with E-state index >= 15 is 0 Å². The molecule has 1 heterocycles. The minimum atomic E-state index is -0.865. The number of ether oxygens (including phenoxy) is 1. The van der Waals surface area contributed by atoms with Gasteiger partial charge in [-0.05, 0) is 23.7 Å². The van der Waals surface area contributed by atoms with Crippen LogP contribution in [0.2, 0.25) is 10.3 Å². The van der Waals surface area contributed by atoms with E-state index in [0.29, 0.717) is 6.07 Å². The maximum absolute atomic E-state index is 13.3. The van der Waals surface area contributed by atoms with Crippen molar-refractivity contribution in [2.24, 2.45) is 0 Å². The van der Waals surface area contributed by atoms with E-state index in [1.54, 1.807) is 0 Å². The molecule has 2 aromatic rings. The number of hydrogen-bond acceptors (Lipinski definition) is 3. The fourth-order valence-corrected chi connectivity index (χ4v) is 1.32. The zero-order valence-corrected chi connectivity index (χ0v) is 9.64. The van der Waals surface area contributed by atoms with Crippen LogP contribution in [0.25, 0.3) is 0 Å². The molecule has 0 unspecified atom stereocenters. The summed E-state index contributed by atoms with van der Waals surface area (Å²) in [6.45, 7) is 0. The number of aromatic nitrogens is 2. The molecular formula is C10H4Cl2F2N2O. The van der Waals surface area contributed by atoms with Gasteiger partial charge in [-0.1, -0.05) is 11.6 Å². The molecule has 1 aromatic carbocycles. The Morgan fingerprint density at radius 3 is 2.65 bits per heavy atom. The second kappa shape index (κ2) is 4.81. The largest absolute Gasteiger partial charge is 0.434 e. The summed E-state index contributed by atoms with van der Waals surface area (Å²) in [5.74, 6) is -1.88. The van der Waals surface area contributed by atoms with Crippen LogP contribution in [-0.2, 0) is 0 Å². The van der Waals surface area contributed by atoms with Crippen LogP contribution >= 0.6 is 23.2 Å². The molecular weight excluding hydrogens is 273 g/mol. The maximum atomic E-state index is 13.3. The second-order valence-electron chi connectivity index (χ2n) is 2.97. The van der Waals surface area contributed by atoms with Gasteiger partial charge in [-0.15, -0.1) is 0 Å². The Morgan fingerprint density at radius 1 is 1.18 bits per heavy atom. The third kappa shape index (κ3) is 2.81. The molecule has 2 rings (SSSR count). The Morgan fingerprint density at radius 2 is 1.94 bits per heavy atom. The van der Waals surface area contributed by atoms with Gasteiger partial charge in [0.15, 0.2) is 11.6 Å². The summed E-state index contributed by atoms with van der Waals surface area (Å²) in [6, 6.07) is 2.86. The molecule has 0 atom stereocenters. The third-order valence-electron chi connectivity index (χ3n) is 1.78. The summed E-state index contributed by atoms with van der Waals surface area (Å²) in [4.78, 5) is 7.28. The smallest absolute Gasteiger partial charge is 0.242 e. The highest BCUT2D eigenvalue weighted by atomic mass is 35.5. The van der Waals surface area contributed by atoms with Gasteiger partial charge in [0, 0.05) is 6.07 Å². The van der Waals surface area contributed by atoms with Gasteiger partial charge in [0.25, 0.3) is 0 Å². The molecule has 0 N–H and O–H groups in total. The molecule has 0 radical (unpaired) electrons. The number of rotatable bonds is 2. The summed E-state index contributed by atoms with van der Waals surface area (Å²) in [5.41, 5.74) is 0. The molecule has 0 bridgehead atoms. The Bertz CT molecular complexity index is 566. The normalized spacial score (nSPS) is 10.4. The average Bonchev–Trinajstić information content (AvgIpc) is 2.27. The lowest BCUT2D eigenvalue weighted by atomic mass is 10.3. The van der Waals surface area contributed by atoms with Crippen molar-refractivity contribution in [3.8, 4) is 11.6 Å². The first-order chi connectivity index (χ1) is 8.06. The van der Waals surface area contributed by atoms with Crippen LogP contribution in [0.1, 0.15) is 0 Å². The molecule has 3 nitrogen and oxygen atoms in total. The van der Waals surface area contributed by atoms with Crippen LogP contribution < -0.4 is 4.74 Å². The zero-order valence-electron chi connectivity index (χ0n) is 8.12. The molecule has 0 aliphatic rings. The quantitative estimate of drug-likeness (QED) is 0.782. The van der Waals surface area contributed by atoms with Crippen molar-refractivity contribution < 1.29 is 13.5 Å². The van der Waals surface area contributed by atoms with Crippen LogP contribution in [0, 0.1) is 11.6 Å². The van der Waals surface area contributed by atoms with E-state index in [-0.39, 0.29) is 21.9 Å². The van der Waals surface area contributed by atoms with Gasteiger partial charge in [0.05, 0.1) is 6.20 Å². The van der Waals surface area contributed by atoms with E-state index in [4.69, 9.17) is 27.9 Å². The van der Waals surface area contributed by atoms with Crippen molar-refractivity contribution in [1.29, 1.82) is 0 Å². The summed E-state index contributed by atoms with van der Waals surface area (Å²) >= 11 is 11.3. The molecule has 0 fully saturated rings. The highest BCUT2D eigenvalue weighted by Crippen LogP contribution is 2.29. The minimum absolute atomic E-state index is 0.0677. The molecule has 0 aliphatic heterocycles. The van der Waals surface area contributed by atoms with Gasteiger partial charge >= 0.3 is 0 Å². The minimum Gasteiger partial charge on any atom is -0.434 e. The van der Waals surface area contributed by atoms with Gasteiger partial charge in [0.2, 0.25) is 11.2 Å². The van der Waals surface area contributed by atoms with E-state index in [1.165, 1.54) is 6.20 Å². The fourth-order valence-electron chi connectivity index (χ4n) is 1.06. The number of halogens is 4. The Kier molecular flexibility index (Phi) is 3.40. The predicted molar refractivity (Wildman–Crippen MR) is 58.5 cm³/mol. The molecule has 88 valence electrons. The van der Waals surface area contributed by atoms with E-state index in [0.717, 1.165) is 12.1 Å². The Hall–Kier alpha value is -1.46. The van der Waals surface area contributed by atoms with Gasteiger partial charge in [-0.2, -0.15) is 4.98 Å². The second-order valence-corrected chi connectivity index (χ2v) is 3.71. The van der Waals surface area contributed by atoms with Crippen molar-refractivity contribution in [3.05, 3.63) is 46.3 Å². The maximum Gasteiger partial charge on any atom is 0.242 e. The monoisotopic (exact) mass is 276 g/mol. The van der Waals surface area contributed by atoms with Gasteiger partial charge in [-0.3, -0.25) is 0 Å². The summed E-state index contributed by atoms with van der Waals surface area (Å²) in [7, 11) is 0. The van der Waals surface area contributed by atoms with Crippen LogP contribution in [0.3, 0.4) is 0 Å². The SMILES string of the molecule is Fc1ccc(Oc2nc(Cl)ncc2Cl)c(F)c1. The average molecular weight is 277 g/mol. The lowest BCUT2D eigenvalue weighted by Crippen LogP contribution is -1.94. The standard InChI is InChI=1S/C10H4Cl2F2N2O/c11-6-4-15-10(12)16-9(6)17-8-2-1-5(13)3-7(8)14/h1-4H. The van der Waals surface area contributed by atoms with Gasteiger partial charge in [-0.25, -0.2) is 13.8 Å². The Balaban J connectivity index is 2.34. The van der Waals surface area contributed by atoms with Crippen molar-refractivity contribution in [2.45, 2.75) is 0 Å². The summed E-state index contributed by atoms with van der Waals surface area (Å²) < 4.78 is 31.0. The number of benzene rings is 1. The van der Waals surface area contributed by atoms with E-state index in [2.05, 4.69) is 9.97 Å². The first kappa shape index (κ1) is 12.0. The molecule has 0 saturated carbocycles. The van der Waals surface area contributed by atoms with E-state index in [1.807, 2.05) is 0 Å². The lowest BCUT2D eigenvalue weighted by molar-refractivity contribution is 0.423. The van der Waals surface area contributed by atoms with Crippen molar-refractivity contribution in [2.75, 3.05) is 0 Å². The zero-order chi connectivity index (χ0) is 12.4. The molecule has 0 saturated heterocycles. The van der Waals surface area contributed by atoms with Crippen LogP contribution in [0.4, 0.5) is 8.78 Å². The molecule has 0 amide bonds. The molecule has 0 spiro atoms. The predicted octanol–water partition coefficient (Wildman–Crippen LogP) is 3.85. The van der Waals surface area contributed by atoms with E-state index < -0.39 is 11.6 Å². The van der Waals surface area contributed by atoms with Crippen molar-refractivity contribution >= 4 is 23.2 Å². The number of hydrogen-bond donors (Lipinski definition) is 0. The first-order valence-corrected chi connectivity index (χ1v) is 5.13. The molecule has 17 heavy (non-hydrogen) atoms. The fraction of sp³-hybridized carbons (Fsp3) is 0. The molecule has 0 aliphatic carbocycles. The van der Waals surface area contributed by atoms with Crippen LogP contribution in [-0.4, -0.2) is 9.97 Å². The Labute approximate surface area is 105 Å².